The molecule has 3 aromatic carbocycles. The fourth-order valence-corrected chi connectivity index (χ4v) is 3.45. The number of ether oxygens (including phenoxy) is 1. The van der Waals surface area contributed by atoms with Crippen LogP contribution in [-0.2, 0) is 0 Å². The van der Waals surface area contributed by atoms with Gasteiger partial charge in [-0.2, -0.15) is 0 Å². The molecule has 0 amide bonds. The van der Waals surface area contributed by atoms with Crippen LogP contribution in [0.4, 0.5) is 5.69 Å². The molecule has 0 unspecified atom stereocenters. The first-order valence-corrected chi connectivity index (χ1v) is 9.49. The molecular formula is C24H18N2O5. The van der Waals surface area contributed by atoms with Crippen molar-refractivity contribution >= 4 is 22.6 Å². The number of carbonyl (C=O) groups excluding carboxylic acids is 1. The third kappa shape index (κ3) is 3.93. The van der Waals surface area contributed by atoms with Gasteiger partial charge in [-0.15, -0.1) is 0 Å². The zero-order valence-electron chi connectivity index (χ0n) is 16.8. The summed E-state index contributed by atoms with van der Waals surface area (Å²) in [7, 11) is 0. The maximum absolute atomic E-state index is 12.8. The van der Waals surface area contributed by atoms with Crippen LogP contribution in [0.5, 0.6) is 11.5 Å². The van der Waals surface area contributed by atoms with Crippen molar-refractivity contribution in [3.63, 3.8) is 0 Å². The minimum Gasteiger partial charge on any atom is -0.507 e. The van der Waals surface area contributed by atoms with Gasteiger partial charge in [0.25, 0.3) is 5.69 Å². The molecule has 7 heteroatoms. The quantitative estimate of drug-likeness (QED) is 0.209. The van der Waals surface area contributed by atoms with Crippen molar-refractivity contribution in [2.45, 2.75) is 13.8 Å². The summed E-state index contributed by atoms with van der Waals surface area (Å²) in [6.07, 6.45) is 1.64. The molecule has 0 bridgehead atoms. The van der Waals surface area contributed by atoms with Gasteiger partial charge in [0.1, 0.15) is 11.5 Å². The summed E-state index contributed by atoms with van der Waals surface area (Å²) in [5.74, 6) is -0.163. The van der Waals surface area contributed by atoms with Crippen LogP contribution in [-0.4, -0.2) is 21.0 Å². The Balaban J connectivity index is 1.77. The SMILES string of the molecule is Cc1cc(-c2cc(C(=O)Oc3ccc([N+](=O)[O-])cc3)cc3ncccc23)cc(C)c1O. The number of benzene rings is 3. The standard InChI is InChI=1S/C24H18N2O5/c1-14-10-16(11-15(2)23(14)27)21-12-17(13-22-20(21)4-3-9-25-22)24(28)31-19-7-5-18(6-8-19)26(29)30/h3-13,27H,1-2H3. The van der Waals surface area contributed by atoms with Gasteiger partial charge in [0.05, 0.1) is 16.0 Å². The van der Waals surface area contributed by atoms with E-state index in [9.17, 15) is 20.0 Å². The molecule has 1 N–H and O–H groups in total. The van der Waals surface area contributed by atoms with Gasteiger partial charge in [-0.05, 0) is 78.6 Å². The highest BCUT2D eigenvalue weighted by Gasteiger charge is 2.16. The van der Waals surface area contributed by atoms with Gasteiger partial charge >= 0.3 is 5.97 Å². The van der Waals surface area contributed by atoms with E-state index >= 15 is 0 Å². The molecule has 0 saturated carbocycles. The highest BCUT2D eigenvalue weighted by atomic mass is 16.6. The molecular weight excluding hydrogens is 396 g/mol. The predicted molar refractivity (Wildman–Crippen MR) is 116 cm³/mol. The Morgan fingerprint density at radius 2 is 1.71 bits per heavy atom. The van der Waals surface area contributed by atoms with Gasteiger partial charge in [-0.25, -0.2) is 4.79 Å². The van der Waals surface area contributed by atoms with Gasteiger partial charge < -0.3 is 9.84 Å². The van der Waals surface area contributed by atoms with E-state index in [1.54, 1.807) is 18.3 Å². The number of nitrogens with zero attached hydrogens (tertiary/aromatic N) is 2. The van der Waals surface area contributed by atoms with E-state index in [1.165, 1.54) is 24.3 Å². The number of esters is 1. The summed E-state index contributed by atoms with van der Waals surface area (Å²) >= 11 is 0. The molecule has 7 nitrogen and oxygen atoms in total. The number of aromatic nitrogens is 1. The maximum atomic E-state index is 12.8. The normalized spacial score (nSPS) is 10.8. The summed E-state index contributed by atoms with van der Waals surface area (Å²) in [4.78, 5) is 27.5. The average Bonchev–Trinajstić information content (AvgIpc) is 2.76. The number of phenols is 1. The van der Waals surface area contributed by atoms with Gasteiger partial charge in [0, 0.05) is 23.7 Å². The number of non-ortho nitro benzene ring substituents is 1. The number of nitro benzene ring substituents is 1. The lowest BCUT2D eigenvalue weighted by atomic mass is 9.95. The van der Waals surface area contributed by atoms with Crippen molar-refractivity contribution < 1.29 is 19.6 Å². The molecule has 1 aromatic heterocycles. The molecule has 1 heterocycles. The number of fused-ring (bicyclic) bond motifs is 1. The molecule has 0 fully saturated rings. The third-order valence-electron chi connectivity index (χ3n) is 5.02. The number of phenolic OH excluding ortho intramolecular Hbond substituents is 1. The second-order valence-electron chi connectivity index (χ2n) is 7.19. The molecule has 4 aromatic rings. The lowest BCUT2D eigenvalue weighted by Gasteiger charge is -2.13. The van der Waals surface area contributed by atoms with Crippen LogP contribution in [0.1, 0.15) is 21.5 Å². The highest BCUT2D eigenvalue weighted by molar-refractivity contribution is 6.02. The van der Waals surface area contributed by atoms with Crippen molar-refractivity contribution in [1.29, 1.82) is 0 Å². The summed E-state index contributed by atoms with van der Waals surface area (Å²) in [5, 5.41) is 21.8. The fraction of sp³-hybridized carbons (Fsp3) is 0.0833. The van der Waals surface area contributed by atoms with Crippen LogP contribution in [0.15, 0.2) is 66.9 Å². The summed E-state index contributed by atoms with van der Waals surface area (Å²) in [5.41, 5.74) is 3.91. The number of pyridine rings is 1. The lowest BCUT2D eigenvalue weighted by Crippen LogP contribution is -2.09. The van der Waals surface area contributed by atoms with E-state index < -0.39 is 10.9 Å². The molecule has 0 saturated heterocycles. The Bertz CT molecular complexity index is 1310. The van der Waals surface area contributed by atoms with Gasteiger partial charge in [-0.1, -0.05) is 6.07 Å². The smallest absolute Gasteiger partial charge is 0.343 e. The number of nitro groups is 1. The zero-order valence-corrected chi connectivity index (χ0v) is 16.8. The number of aromatic hydroxyl groups is 1. The number of aryl methyl sites for hydroxylation is 2. The first kappa shape index (κ1) is 20.0. The van der Waals surface area contributed by atoms with E-state index in [4.69, 9.17) is 4.74 Å². The van der Waals surface area contributed by atoms with E-state index in [1.807, 2.05) is 38.1 Å². The van der Waals surface area contributed by atoms with Crippen molar-refractivity contribution in [3.05, 3.63) is 93.7 Å². The molecule has 0 aliphatic heterocycles. The first-order chi connectivity index (χ1) is 14.8. The van der Waals surface area contributed by atoms with E-state index in [0.717, 1.165) is 27.6 Å². The first-order valence-electron chi connectivity index (χ1n) is 9.49. The van der Waals surface area contributed by atoms with Crippen molar-refractivity contribution in [2.24, 2.45) is 0 Å². The highest BCUT2D eigenvalue weighted by Crippen LogP contribution is 2.34. The van der Waals surface area contributed by atoms with E-state index in [-0.39, 0.29) is 17.2 Å². The number of hydrogen-bond acceptors (Lipinski definition) is 6. The molecule has 0 atom stereocenters. The Hall–Kier alpha value is -4.26. The zero-order chi connectivity index (χ0) is 22.1. The molecule has 0 aliphatic carbocycles. The van der Waals surface area contributed by atoms with Crippen LogP contribution < -0.4 is 4.74 Å². The van der Waals surface area contributed by atoms with Crippen LogP contribution in [0.3, 0.4) is 0 Å². The second kappa shape index (κ2) is 7.87. The predicted octanol–water partition coefficient (Wildman–Crippen LogP) is 5.35. The van der Waals surface area contributed by atoms with Crippen LogP contribution in [0, 0.1) is 24.0 Å². The maximum Gasteiger partial charge on any atom is 0.343 e. The average molecular weight is 414 g/mol. The lowest BCUT2D eigenvalue weighted by molar-refractivity contribution is -0.384. The number of hydrogen-bond donors (Lipinski definition) is 1. The van der Waals surface area contributed by atoms with E-state index in [2.05, 4.69) is 4.98 Å². The summed E-state index contributed by atoms with van der Waals surface area (Å²) < 4.78 is 5.41. The van der Waals surface area contributed by atoms with Crippen LogP contribution in [0.25, 0.3) is 22.0 Å². The van der Waals surface area contributed by atoms with Crippen molar-refractivity contribution in [2.75, 3.05) is 0 Å². The Morgan fingerprint density at radius 1 is 1.03 bits per heavy atom. The van der Waals surface area contributed by atoms with E-state index in [0.29, 0.717) is 11.1 Å². The minimum atomic E-state index is -0.602. The Morgan fingerprint density at radius 3 is 2.35 bits per heavy atom. The molecule has 0 radical (unpaired) electrons. The monoisotopic (exact) mass is 414 g/mol. The molecule has 0 spiro atoms. The molecule has 0 aliphatic rings. The molecule has 154 valence electrons. The Labute approximate surface area is 177 Å². The summed E-state index contributed by atoms with van der Waals surface area (Å²) in [6.45, 7) is 3.64. The largest absolute Gasteiger partial charge is 0.507 e. The van der Waals surface area contributed by atoms with Gasteiger partial charge in [0.2, 0.25) is 0 Å². The van der Waals surface area contributed by atoms with Crippen LogP contribution >= 0.6 is 0 Å². The molecule has 31 heavy (non-hydrogen) atoms. The van der Waals surface area contributed by atoms with Gasteiger partial charge in [-0.3, -0.25) is 15.1 Å². The number of rotatable bonds is 4. The summed E-state index contributed by atoms with van der Waals surface area (Å²) in [6, 6.07) is 16.1. The van der Waals surface area contributed by atoms with Crippen molar-refractivity contribution in [3.8, 4) is 22.6 Å². The molecule has 4 rings (SSSR count). The number of carbonyl (C=O) groups is 1. The van der Waals surface area contributed by atoms with Crippen molar-refractivity contribution in [1.82, 2.24) is 4.98 Å². The van der Waals surface area contributed by atoms with Gasteiger partial charge in [0.15, 0.2) is 0 Å². The topological polar surface area (TPSA) is 103 Å². The van der Waals surface area contributed by atoms with Crippen LogP contribution in [0.2, 0.25) is 0 Å². The fourth-order valence-electron chi connectivity index (χ4n) is 3.45. The Kier molecular flexibility index (Phi) is 5.09. The minimum absolute atomic E-state index is 0.0879. The second-order valence-corrected chi connectivity index (χ2v) is 7.19. The third-order valence-corrected chi connectivity index (χ3v) is 5.02.